The summed E-state index contributed by atoms with van der Waals surface area (Å²) in [7, 11) is -3.67. The molecule has 0 spiro atoms. The minimum atomic E-state index is -3.67. The number of halogens is 1. The number of ether oxygens (including phenoxy) is 1. The fraction of sp³-hybridized carbons (Fsp3) is 0.786. The molecule has 1 amide bonds. The maximum absolute atomic E-state index is 12.5. The number of carbonyl (C=O) groups is 1. The van der Waals surface area contributed by atoms with Crippen LogP contribution in [0.5, 0.6) is 0 Å². The first-order valence-electron chi connectivity index (χ1n) is 7.51. The molecular weight excluding hydrogens is 389 g/mol. The molecule has 0 aliphatic carbocycles. The Bertz CT molecular complexity index is 480. The van der Waals surface area contributed by atoms with E-state index in [0.29, 0.717) is 11.0 Å². The second kappa shape index (κ2) is 8.62. The molecule has 134 valence electrons. The van der Waals surface area contributed by atoms with Crippen molar-refractivity contribution in [2.75, 3.05) is 26.3 Å². The highest BCUT2D eigenvalue weighted by Gasteiger charge is 2.35. The van der Waals surface area contributed by atoms with Gasteiger partial charge in [0.25, 0.3) is 0 Å². The van der Waals surface area contributed by atoms with E-state index in [2.05, 4.69) is 15.9 Å². The molecule has 0 fully saturated rings. The molecule has 23 heavy (non-hydrogen) atoms. The molecule has 1 atom stereocenters. The first kappa shape index (κ1) is 20.6. The van der Waals surface area contributed by atoms with Gasteiger partial charge in [-0.2, -0.15) is 0 Å². The molecule has 0 aromatic rings. The molecule has 0 unspecified atom stereocenters. The van der Waals surface area contributed by atoms with Gasteiger partial charge in [0.1, 0.15) is 11.7 Å². The lowest BCUT2D eigenvalue weighted by Gasteiger charge is -2.33. The average Bonchev–Trinajstić information content (AvgIpc) is 2.39. The quantitative estimate of drug-likeness (QED) is 0.610. The SMILES string of the molecule is CCOP(=O)(OCC)O[C@H]1CN(C(=O)OC(C)(C)C)CC=C1Br. The Balaban J connectivity index is 2.79. The van der Waals surface area contributed by atoms with Gasteiger partial charge in [0.05, 0.1) is 19.8 Å². The Labute approximate surface area is 146 Å². The Hall–Kier alpha value is -0.400. The molecule has 0 N–H and O–H groups in total. The lowest BCUT2D eigenvalue weighted by atomic mass is 10.2. The van der Waals surface area contributed by atoms with Crippen LogP contribution in [0.1, 0.15) is 34.6 Å². The third-order valence-electron chi connectivity index (χ3n) is 2.68. The van der Waals surface area contributed by atoms with Gasteiger partial charge in [0, 0.05) is 11.0 Å². The van der Waals surface area contributed by atoms with Crippen LogP contribution in [0.15, 0.2) is 10.6 Å². The number of amides is 1. The number of hydrogen-bond acceptors (Lipinski definition) is 6. The van der Waals surface area contributed by atoms with Crippen molar-refractivity contribution in [2.24, 2.45) is 0 Å². The van der Waals surface area contributed by atoms with Crippen LogP contribution in [0.2, 0.25) is 0 Å². The predicted octanol–water partition coefficient (Wildman–Crippen LogP) is 4.08. The van der Waals surface area contributed by atoms with Crippen LogP contribution >= 0.6 is 23.8 Å². The van der Waals surface area contributed by atoms with Crippen LogP contribution in [0.3, 0.4) is 0 Å². The highest BCUT2D eigenvalue weighted by atomic mass is 79.9. The Kier molecular flexibility index (Phi) is 7.74. The Morgan fingerprint density at radius 2 is 1.91 bits per heavy atom. The average molecular weight is 414 g/mol. The fourth-order valence-corrected chi connectivity index (χ4v) is 3.67. The summed E-state index contributed by atoms with van der Waals surface area (Å²) < 4.78 is 34.3. The zero-order valence-corrected chi connectivity index (χ0v) is 16.7. The van der Waals surface area contributed by atoms with Gasteiger partial charge >= 0.3 is 13.9 Å². The summed E-state index contributed by atoms with van der Waals surface area (Å²) in [5, 5.41) is 0. The number of hydrogen-bond donors (Lipinski definition) is 0. The number of rotatable bonds is 6. The van der Waals surface area contributed by atoms with E-state index in [0.717, 1.165) is 0 Å². The number of phosphoric ester groups is 1. The highest BCUT2D eigenvalue weighted by molar-refractivity contribution is 9.11. The number of phosphoric acid groups is 1. The third kappa shape index (κ3) is 6.93. The molecule has 1 heterocycles. The minimum absolute atomic E-state index is 0.191. The Morgan fingerprint density at radius 3 is 2.39 bits per heavy atom. The van der Waals surface area contributed by atoms with Crippen LogP contribution in [-0.4, -0.2) is 49.0 Å². The lowest BCUT2D eigenvalue weighted by Crippen LogP contribution is -2.44. The zero-order valence-electron chi connectivity index (χ0n) is 14.2. The van der Waals surface area contributed by atoms with Crippen LogP contribution in [0, 0.1) is 0 Å². The lowest BCUT2D eigenvalue weighted by molar-refractivity contribution is 0.0159. The molecule has 9 heteroatoms. The van der Waals surface area contributed by atoms with Crippen LogP contribution in [0.4, 0.5) is 4.79 Å². The van der Waals surface area contributed by atoms with E-state index in [1.165, 1.54) is 4.90 Å². The van der Waals surface area contributed by atoms with Crippen LogP contribution in [0.25, 0.3) is 0 Å². The summed E-state index contributed by atoms with van der Waals surface area (Å²) in [6.45, 7) is 9.76. The van der Waals surface area contributed by atoms with E-state index >= 15 is 0 Å². The summed E-state index contributed by atoms with van der Waals surface area (Å²) in [5.41, 5.74) is -0.586. The molecule has 7 nitrogen and oxygen atoms in total. The highest BCUT2D eigenvalue weighted by Crippen LogP contribution is 2.51. The van der Waals surface area contributed by atoms with Crippen molar-refractivity contribution >= 4 is 29.8 Å². The van der Waals surface area contributed by atoms with Gasteiger partial charge in [0.2, 0.25) is 0 Å². The molecule has 0 saturated heterocycles. The predicted molar refractivity (Wildman–Crippen MR) is 90.5 cm³/mol. The standard InChI is InChI=1S/C14H25BrNO6P/c1-6-19-23(18,20-7-2)22-12-10-16(9-8-11(12)15)13(17)21-14(3,4)5/h8,12H,6-7,9-10H2,1-5H3/t12-/m0/s1. The number of carbonyl (C=O) groups excluding carboxylic acids is 1. The maximum Gasteiger partial charge on any atom is 0.475 e. The monoisotopic (exact) mass is 413 g/mol. The molecular formula is C14H25BrNO6P. The van der Waals surface area contributed by atoms with Crippen molar-refractivity contribution in [1.29, 1.82) is 0 Å². The second-order valence-corrected chi connectivity index (χ2v) is 8.39. The van der Waals surface area contributed by atoms with E-state index in [4.69, 9.17) is 18.3 Å². The van der Waals surface area contributed by atoms with Gasteiger partial charge in [-0.25, -0.2) is 9.36 Å². The van der Waals surface area contributed by atoms with Crippen molar-refractivity contribution in [2.45, 2.75) is 46.3 Å². The molecule has 1 rings (SSSR count). The zero-order chi connectivity index (χ0) is 17.7. The summed E-state index contributed by atoms with van der Waals surface area (Å²) in [6.07, 6.45) is 0.672. The van der Waals surface area contributed by atoms with Crippen LogP contribution < -0.4 is 0 Å². The largest absolute Gasteiger partial charge is 0.475 e. The fourth-order valence-electron chi connectivity index (χ4n) is 1.82. The molecule has 1 aliphatic rings. The molecule has 0 radical (unpaired) electrons. The number of nitrogens with zero attached hydrogens (tertiary/aromatic N) is 1. The molecule has 0 saturated carbocycles. The molecule has 1 aliphatic heterocycles. The van der Waals surface area contributed by atoms with Gasteiger partial charge in [-0.3, -0.25) is 13.6 Å². The van der Waals surface area contributed by atoms with Crippen molar-refractivity contribution < 1.29 is 27.7 Å². The van der Waals surface area contributed by atoms with Crippen molar-refractivity contribution in [3.05, 3.63) is 10.6 Å². The second-order valence-electron chi connectivity index (χ2n) is 5.85. The van der Waals surface area contributed by atoms with E-state index in [-0.39, 0.29) is 19.8 Å². The van der Waals surface area contributed by atoms with Gasteiger partial charge in [-0.15, -0.1) is 0 Å². The topological polar surface area (TPSA) is 74.3 Å². The van der Waals surface area contributed by atoms with E-state index in [9.17, 15) is 9.36 Å². The summed E-state index contributed by atoms with van der Waals surface area (Å²) >= 11 is 3.37. The first-order chi connectivity index (χ1) is 10.6. The first-order valence-corrected chi connectivity index (χ1v) is 9.76. The van der Waals surface area contributed by atoms with Gasteiger partial charge < -0.3 is 9.64 Å². The van der Waals surface area contributed by atoms with Gasteiger partial charge in [-0.1, -0.05) is 22.0 Å². The van der Waals surface area contributed by atoms with Crippen molar-refractivity contribution in [3.63, 3.8) is 0 Å². The van der Waals surface area contributed by atoms with Gasteiger partial charge in [0.15, 0.2) is 0 Å². The summed E-state index contributed by atoms with van der Waals surface area (Å²) in [6, 6.07) is 0. The normalized spacial score (nSPS) is 19.5. The van der Waals surface area contributed by atoms with Gasteiger partial charge in [-0.05, 0) is 34.6 Å². The molecule has 0 bridgehead atoms. The minimum Gasteiger partial charge on any atom is -0.444 e. The summed E-state index contributed by atoms with van der Waals surface area (Å²) in [5.74, 6) is 0. The van der Waals surface area contributed by atoms with Crippen molar-refractivity contribution in [3.8, 4) is 0 Å². The van der Waals surface area contributed by atoms with E-state index in [1.807, 2.05) is 0 Å². The summed E-state index contributed by atoms with van der Waals surface area (Å²) in [4.78, 5) is 13.6. The maximum atomic E-state index is 12.5. The van der Waals surface area contributed by atoms with E-state index < -0.39 is 25.6 Å². The van der Waals surface area contributed by atoms with Crippen LogP contribution in [-0.2, 0) is 22.9 Å². The van der Waals surface area contributed by atoms with Crippen molar-refractivity contribution in [1.82, 2.24) is 4.90 Å². The smallest absolute Gasteiger partial charge is 0.444 e. The molecule has 0 aromatic heterocycles. The third-order valence-corrected chi connectivity index (χ3v) is 5.18. The molecule has 0 aromatic carbocycles. The van der Waals surface area contributed by atoms with E-state index in [1.54, 1.807) is 40.7 Å². The Morgan fingerprint density at radius 1 is 1.35 bits per heavy atom.